The highest BCUT2D eigenvalue weighted by atomic mass is 16.5. The molecule has 4 nitrogen and oxygen atoms in total. The third kappa shape index (κ3) is 3.33. The van der Waals surface area contributed by atoms with E-state index in [0.29, 0.717) is 19.1 Å². The quantitative estimate of drug-likeness (QED) is 0.821. The van der Waals surface area contributed by atoms with Crippen LogP contribution in [0.1, 0.15) is 31.9 Å². The molecule has 1 saturated heterocycles. The van der Waals surface area contributed by atoms with E-state index in [1.165, 1.54) is 5.56 Å². The Morgan fingerprint density at radius 3 is 2.63 bits per heavy atom. The van der Waals surface area contributed by atoms with Gasteiger partial charge in [0.1, 0.15) is 0 Å². The van der Waals surface area contributed by atoms with Crippen LogP contribution in [0, 0.1) is 0 Å². The van der Waals surface area contributed by atoms with Gasteiger partial charge in [-0.05, 0) is 19.4 Å². The van der Waals surface area contributed by atoms with E-state index in [4.69, 9.17) is 10.5 Å². The summed E-state index contributed by atoms with van der Waals surface area (Å²) in [4.78, 5) is 13.8. The van der Waals surface area contributed by atoms with Crippen molar-refractivity contribution in [3.05, 3.63) is 35.9 Å². The molecular formula is C15H22N2O2. The predicted octanol–water partition coefficient (Wildman–Crippen LogP) is 1.71. The van der Waals surface area contributed by atoms with Crippen LogP contribution in [-0.4, -0.2) is 36.1 Å². The molecule has 2 rings (SSSR count). The summed E-state index contributed by atoms with van der Waals surface area (Å²) in [7, 11) is 0. The molecule has 0 aromatic heterocycles. The molecule has 2 N–H and O–H groups in total. The van der Waals surface area contributed by atoms with Gasteiger partial charge in [0, 0.05) is 19.1 Å². The minimum absolute atomic E-state index is 0.197. The average Bonchev–Trinajstić information content (AvgIpc) is 2.36. The zero-order valence-corrected chi connectivity index (χ0v) is 11.6. The summed E-state index contributed by atoms with van der Waals surface area (Å²) in [6, 6.07) is 10.7. The number of hydrogen-bond donors (Lipinski definition) is 1. The number of ether oxygens (including phenoxy) is 1. The van der Waals surface area contributed by atoms with Gasteiger partial charge in [0.2, 0.25) is 0 Å². The Kier molecular flexibility index (Phi) is 4.22. The van der Waals surface area contributed by atoms with Crippen LogP contribution in [0.2, 0.25) is 0 Å². The number of carbonyl (C=O) groups is 1. The number of hydrogen-bond acceptors (Lipinski definition) is 4. The summed E-state index contributed by atoms with van der Waals surface area (Å²) in [5.74, 6) is -0.197. The van der Waals surface area contributed by atoms with E-state index in [0.717, 1.165) is 13.1 Å². The van der Waals surface area contributed by atoms with Gasteiger partial charge < -0.3 is 10.5 Å². The number of nitrogens with zero attached hydrogens (tertiary/aromatic N) is 1. The first kappa shape index (κ1) is 14.0. The molecule has 0 aliphatic carbocycles. The Morgan fingerprint density at radius 2 is 2.05 bits per heavy atom. The molecule has 1 unspecified atom stereocenters. The van der Waals surface area contributed by atoms with Crippen molar-refractivity contribution in [3.63, 3.8) is 0 Å². The number of benzene rings is 1. The summed E-state index contributed by atoms with van der Waals surface area (Å²) in [5.41, 5.74) is 7.05. The summed E-state index contributed by atoms with van der Waals surface area (Å²) in [6.45, 7) is 5.87. The zero-order valence-electron chi connectivity index (χ0n) is 11.6. The van der Waals surface area contributed by atoms with Crippen LogP contribution >= 0.6 is 0 Å². The molecule has 1 atom stereocenters. The van der Waals surface area contributed by atoms with Crippen molar-refractivity contribution in [2.75, 3.05) is 19.7 Å². The third-order valence-corrected chi connectivity index (χ3v) is 3.67. The predicted molar refractivity (Wildman–Crippen MR) is 74.6 cm³/mol. The van der Waals surface area contributed by atoms with Gasteiger partial charge in [-0.1, -0.05) is 30.3 Å². The van der Waals surface area contributed by atoms with Crippen LogP contribution < -0.4 is 5.73 Å². The Bertz CT molecular complexity index is 427. The lowest BCUT2D eigenvalue weighted by Gasteiger charge is -2.50. The first-order valence-corrected chi connectivity index (χ1v) is 6.77. The van der Waals surface area contributed by atoms with E-state index in [2.05, 4.69) is 24.0 Å². The summed E-state index contributed by atoms with van der Waals surface area (Å²) >= 11 is 0. The summed E-state index contributed by atoms with van der Waals surface area (Å²) in [6.07, 6.45) is 0.304. The van der Waals surface area contributed by atoms with Gasteiger partial charge in [-0.25, -0.2) is 0 Å². The zero-order chi connectivity index (χ0) is 13.9. The largest absolute Gasteiger partial charge is 0.466 e. The van der Waals surface area contributed by atoms with Crippen LogP contribution in [0.25, 0.3) is 0 Å². The lowest BCUT2D eigenvalue weighted by Crippen LogP contribution is -2.68. The Labute approximate surface area is 114 Å². The molecule has 1 aliphatic rings. The fourth-order valence-corrected chi connectivity index (χ4v) is 2.59. The molecule has 104 valence electrons. The molecule has 1 aromatic carbocycles. The number of rotatable bonds is 5. The summed E-state index contributed by atoms with van der Waals surface area (Å²) < 4.78 is 4.96. The molecule has 1 aromatic rings. The maximum atomic E-state index is 11.5. The van der Waals surface area contributed by atoms with E-state index in [9.17, 15) is 4.79 Å². The second-order valence-electron chi connectivity index (χ2n) is 5.34. The molecule has 0 saturated carbocycles. The minimum Gasteiger partial charge on any atom is -0.466 e. The summed E-state index contributed by atoms with van der Waals surface area (Å²) in [5, 5.41) is 0. The third-order valence-electron chi connectivity index (χ3n) is 3.67. The molecule has 4 heteroatoms. The van der Waals surface area contributed by atoms with Crippen molar-refractivity contribution in [2.24, 2.45) is 5.73 Å². The SMILES string of the molecule is CCOC(=O)CC1(N)CN(C(C)c2ccccc2)C1. The van der Waals surface area contributed by atoms with Gasteiger partial charge in [0.25, 0.3) is 0 Å². The second kappa shape index (κ2) is 5.72. The van der Waals surface area contributed by atoms with Gasteiger partial charge in [0.15, 0.2) is 0 Å². The minimum atomic E-state index is -0.421. The first-order valence-electron chi connectivity index (χ1n) is 6.77. The van der Waals surface area contributed by atoms with E-state index >= 15 is 0 Å². The number of likely N-dealkylation sites (tertiary alicyclic amines) is 1. The molecule has 19 heavy (non-hydrogen) atoms. The van der Waals surface area contributed by atoms with Gasteiger partial charge in [0.05, 0.1) is 18.6 Å². The fraction of sp³-hybridized carbons (Fsp3) is 0.533. The maximum absolute atomic E-state index is 11.5. The Balaban J connectivity index is 1.87. The van der Waals surface area contributed by atoms with Gasteiger partial charge in [-0.2, -0.15) is 0 Å². The number of carbonyl (C=O) groups excluding carboxylic acids is 1. The van der Waals surface area contributed by atoms with Crippen LogP contribution in [0.3, 0.4) is 0 Å². The van der Waals surface area contributed by atoms with E-state index in [-0.39, 0.29) is 5.97 Å². The van der Waals surface area contributed by atoms with Crippen LogP contribution in [0.4, 0.5) is 0 Å². The number of esters is 1. The van der Waals surface area contributed by atoms with Gasteiger partial charge in [-0.15, -0.1) is 0 Å². The second-order valence-corrected chi connectivity index (χ2v) is 5.34. The maximum Gasteiger partial charge on any atom is 0.307 e. The van der Waals surface area contributed by atoms with Crippen molar-refractivity contribution >= 4 is 5.97 Å². The van der Waals surface area contributed by atoms with E-state index in [1.54, 1.807) is 0 Å². The molecule has 0 radical (unpaired) electrons. The molecule has 0 bridgehead atoms. The molecule has 0 amide bonds. The molecule has 1 aliphatic heterocycles. The molecule has 0 spiro atoms. The van der Waals surface area contributed by atoms with Crippen LogP contribution in [0.15, 0.2) is 30.3 Å². The first-order chi connectivity index (χ1) is 9.04. The van der Waals surface area contributed by atoms with Gasteiger partial charge >= 0.3 is 5.97 Å². The monoisotopic (exact) mass is 262 g/mol. The average molecular weight is 262 g/mol. The highest BCUT2D eigenvalue weighted by molar-refractivity contribution is 5.71. The highest BCUT2D eigenvalue weighted by Gasteiger charge is 2.43. The highest BCUT2D eigenvalue weighted by Crippen LogP contribution is 2.31. The van der Waals surface area contributed by atoms with Crippen molar-refractivity contribution in [1.82, 2.24) is 4.90 Å². The van der Waals surface area contributed by atoms with Crippen LogP contribution in [0.5, 0.6) is 0 Å². The van der Waals surface area contributed by atoms with E-state index in [1.807, 2.05) is 25.1 Å². The molecule has 1 fully saturated rings. The Morgan fingerprint density at radius 1 is 1.42 bits per heavy atom. The fourth-order valence-electron chi connectivity index (χ4n) is 2.59. The molecular weight excluding hydrogens is 240 g/mol. The number of nitrogens with two attached hydrogens (primary N) is 1. The normalized spacial score (nSPS) is 19.5. The van der Waals surface area contributed by atoms with Crippen molar-refractivity contribution in [3.8, 4) is 0 Å². The Hall–Kier alpha value is -1.39. The lowest BCUT2D eigenvalue weighted by molar-refractivity contribution is -0.146. The van der Waals surface area contributed by atoms with Crippen LogP contribution in [-0.2, 0) is 9.53 Å². The molecule has 1 heterocycles. The van der Waals surface area contributed by atoms with Gasteiger partial charge in [-0.3, -0.25) is 9.69 Å². The van der Waals surface area contributed by atoms with Crippen molar-refractivity contribution < 1.29 is 9.53 Å². The topological polar surface area (TPSA) is 55.6 Å². The van der Waals surface area contributed by atoms with Crippen molar-refractivity contribution in [2.45, 2.75) is 31.8 Å². The standard InChI is InChI=1S/C15H22N2O2/c1-3-19-14(18)9-15(16)10-17(11-15)12(2)13-7-5-4-6-8-13/h4-8,12H,3,9-11,16H2,1-2H3. The van der Waals surface area contributed by atoms with Crippen molar-refractivity contribution in [1.29, 1.82) is 0 Å². The smallest absolute Gasteiger partial charge is 0.307 e. The lowest BCUT2D eigenvalue weighted by atomic mass is 9.85. The van der Waals surface area contributed by atoms with E-state index < -0.39 is 5.54 Å².